The maximum absolute atomic E-state index is 12.2. The molecule has 1 amide bonds. The van der Waals surface area contributed by atoms with E-state index in [1.807, 2.05) is 18.7 Å². The largest absolute Gasteiger partial charge is 0.335 e. The van der Waals surface area contributed by atoms with Crippen molar-refractivity contribution in [3.63, 3.8) is 0 Å². The highest BCUT2D eigenvalue weighted by molar-refractivity contribution is 5.94. The van der Waals surface area contributed by atoms with Crippen molar-refractivity contribution in [3.05, 3.63) is 17.0 Å². The topological polar surface area (TPSA) is 52.2 Å². The number of piperazine rings is 1. The monoisotopic (exact) mass is 222 g/mol. The molecule has 2 heterocycles. The smallest absolute Gasteiger partial charge is 0.274 e. The molecule has 0 saturated carbocycles. The van der Waals surface area contributed by atoms with Crippen LogP contribution in [0.25, 0.3) is 0 Å². The first-order chi connectivity index (χ1) is 7.59. The Morgan fingerprint density at radius 3 is 2.38 bits per heavy atom. The number of rotatable bonds is 1. The van der Waals surface area contributed by atoms with Crippen molar-refractivity contribution < 1.29 is 4.79 Å². The van der Waals surface area contributed by atoms with E-state index in [4.69, 9.17) is 0 Å². The fourth-order valence-corrected chi connectivity index (χ4v) is 1.85. The van der Waals surface area contributed by atoms with Crippen molar-refractivity contribution in [2.75, 3.05) is 33.2 Å². The zero-order valence-corrected chi connectivity index (χ0v) is 10.1. The minimum Gasteiger partial charge on any atom is -0.335 e. The van der Waals surface area contributed by atoms with E-state index in [1.54, 1.807) is 0 Å². The number of amides is 1. The number of likely N-dealkylation sites (N-methyl/N-ethyl adjacent to an activating group) is 1. The molecule has 1 aromatic rings. The predicted octanol–water partition coefficient (Wildman–Crippen LogP) is 0.414. The summed E-state index contributed by atoms with van der Waals surface area (Å²) in [5.74, 6) is 0.0509. The molecule has 0 unspecified atom stereocenters. The maximum atomic E-state index is 12.2. The average Bonchev–Trinajstić information content (AvgIpc) is 2.60. The van der Waals surface area contributed by atoms with Gasteiger partial charge in [0.2, 0.25) is 0 Å². The van der Waals surface area contributed by atoms with Gasteiger partial charge in [0.15, 0.2) is 5.69 Å². The molecular formula is C11H18N4O. The number of carbonyl (C=O) groups is 1. The van der Waals surface area contributed by atoms with Crippen LogP contribution in [0.15, 0.2) is 0 Å². The van der Waals surface area contributed by atoms with Crippen molar-refractivity contribution >= 4 is 5.91 Å². The molecule has 0 aromatic carbocycles. The molecule has 2 rings (SSSR count). The number of hydrogen-bond acceptors (Lipinski definition) is 3. The Morgan fingerprint density at radius 1 is 1.25 bits per heavy atom. The van der Waals surface area contributed by atoms with Gasteiger partial charge < -0.3 is 9.80 Å². The van der Waals surface area contributed by atoms with Gasteiger partial charge in [-0.25, -0.2) is 0 Å². The number of aromatic amines is 1. The standard InChI is InChI=1S/C11H18N4O/c1-8-9(2)12-13-10(8)11(16)15-6-4-14(3)5-7-15/h4-7H2,1-3H3,(H,12,13). The molecule has 16 heavy (non-hydrogen) atoms. The van der Waals surface area contributed by atoms with Gasteiger partial charge in [0.05, 0.1) is 0 Å². The summed E-state index contributed by atoms with van der Waals surface area (Å²) in [7, 11) is 2.08. The lowest BCUT2D eigenvalue weighted by Crippen LogP contribution is -2.47. The first-order valence-corrected chi connectivity index (χ1v) is 5.59. The van der Waals surface area contributed by atoms with Crippen LogP contribution < -0.4 is 0 Å². The molecule has 88 valence electrons. The Labute approximate surface area is 95.4 Å². The van der Waals surface area contributed by atoms with Gasteiger partial charge >= 0.3 is 0 Å². The normalized spacial score (nSPS) is 17.8. The van der Waals surface area contributed by atoms with E-state index in [-0.39, 0.29) is 5.91 Å². The molecule has 1 aliphatic heterocycles. The van der Waals surface area contributed by atoms with E-state index in [1.165, 1.54) is 0 Å². The zero-order valence-electron chi connectivity index (χ0n) is 10.1. The highest BCUT2D eigenvalue weighted by atomic mass is 16.2. The van der Waals surface area contributed by atoms with E-state index >= 15 is 0 Å². The summed E-state index contributed by atoms with van der Waals surface area (Å²) in [6.45, 7) is 7.33. The average molecular weight is 222 g/mol. The van der Waals surface area contributed by atoms with Crippen LogP contribution in [0.4, 0.5) is 0 Å². The van der Waals surface area contributed by atoms with Crippen molar-refractivity contribution in [1.82, 2.24) is 20.0 Å². The van der Waals surface area contributed by atoms with Crippen molar-refractivity contribution in [3.8, 4) is 0 Å². The maximum Gasteiger partial charge on any atom is 0.274 e. The summed E-state index contributed by atoms with van der Waals surface area (Å²) >= 11 is 0. The van der Waals surface area contributed by atoms with Crippen LogP contribution in [0.1, 0.15) is 21.7 Å². The Morgan fingerprint density at radius 2 is 1.88 bits per heavy atom. The van der Waals surface area contributed by atoms with Crippen molar-refractivity contribution in [1.29, 1.82) is 0 Å². The van der Waals surface area contributed by atoms with E-state index in [9.17, 15) is 4.79 Å². The van der Waals surface area contributed by atoms with Crippen LogP contribution in [0, 0.1) is 13.8 Å². The van der Waals surface area contributed by atoms with Gasteiger partial charge in [-0.2, -0.15) is 5.10 Å². The minimum atomic E-state index is 0.0509. The molecule has 1 saturated heterocycles. The van der Waals surface area contributed by atoms with Gasteiger partial charge in [0, 0.05) is 37.4 Å². The SMILES string of the molecule is Cc1[nH]nc(C(=O)N2CCN(C)CC2)c1C. The number of hydrogen-bond donors (Lipinski definition) is 1. The minimum absolute atomic E-state index is 0.0509. The lowest BCUT2D eigenvalue weighted by Gasteiger charge is -2.32. The molecule has 1 N–H and O–H groups in total. The first-order valence-electron chi connectivity index (χ1n) is 5.59. The molecule has 5 nitrogen and oxygen atoms in total. The lowest BCUT2D eigenvalue weighted by molar-refractivity contribution is 0.0657. The van der Waals surface area contributed by atoms with E-state index in [0.29, 0.717) is 5.69 Å². The number of nitrogens with zero attached hydrogens (tertiary/aromatic N) is 3. The second-order valence-corrected chi connectivity index (χ2v) is 4.42. The summed E-state index contributed by atoms with van der Waals surface area (Å²) in [6.07, 6.45) is 0. The predicted molar refractivity (Wildman–Crippen MR) is 61.5 cm³/mol. The van der Waals surface area contributed by atoms with Gasteiger partial charge in [-0.05, 0) is 20.9 Å². The highest BCUT2D eigenvalue weighted by Gasteiger charge is 2.23. The molecule has 0 atom stereocenters. The molecule has 1 fully saturated rings. The zero-order chi connectivity index (χ0) is 11.7. The number of aromatic nitrogens is 2. The fourth-order valence-electron chi connectivity index (χ4n) is 1.85. The summed E-state index contributed by atoms with van der Waals surface area (Å²) in [4.78, 5) is 16.3. The van der Waals surface area contributed by atoms with Gasteiger partial charge in [0.25, 0.3) is 5.91 Å². The quantitative estimate of drug-likeness (QED) is 0.749. The van der Waals surface area contributed by atoms with Gasteiger partial charge in [-0.1, -0.05) is 0 Å². The molecular weight excluding hydrogens is 204 g/mol. The first kappa shape index (κ1) is 11.1. The molecule has 1 aliphatic rings. The van der Waals surface area contributed by atoms with E-state index in [0.717, 1.165) is 37.4 Å². The molecule has 0 aliphatic carbocycles. The number of carbonyl (C=O) groups excluding carboxylic acids is 1. The summed E-state index contributed by atoms with van der Waals surface area (Å²) in [5, 5.41) is 6.94. The Balaban J connectivity index is 2.11. The third-order valence-electron chi connectivity index (χ3n) is 3.25. The third-order valence-corrected chi connectivity index (χ3v) is 3.25. The van der Waals surface area contributed by atoms with Crippen LogP contribution in [-0.2, 0) is 0 Å². The Kier molecular flexibility index (Phi) is 2.96. The van der Waals surface area contributed by atoms with Gasteiger partial charge in [0.1, 0.15) is 0 Å². The van der Waals surface area contributed by atoms with Crippen LogP contribution >= 0.6 is 0 Å². The molecule has 1 aromatic heterocycles. The van der Waals surface area contributed by atoms with Crippen molar-refractivity contribution in [2.45, 2.75) is 13.8 Å². The molecule has 0 spiro atoms. The molecule has 5 heteroatoms. The van der Waals surface area contributed by atoms with E-state index < -0.39 is 0 Å². The van der Waals surface area contributed by atoms with Crippen LogP contribution in [0.5, 0.6) is 0 Å². The van der Waals surface area contributed by atoms with Gasteiger partial charge in [-0.15, -0.1) is 0 Å². The summed E-state index contributed by atoms with van der Waals surface area (Å²) in [6, 6.07) is 0. The Hall–Kier alpha value is -1.36. The summed E-state index contributed by atoms with van der Waals surface area (Å²) < 4.78 is 0. The fraction of sp³-hybridized carbons (Fsp3) is 0.636. The van der Waals surface area contributed by atoms with Crippen molar-refractivity contribution in [2.24, 2.45) is 0 Å². The molecule has 0 radical (unpaired) electrons. The third kappa shape index (κ3) is 1.95. The number of aryl methyl sites for hydroxylation is 1. The summed E-state index contributed by atoms with van der Waals surface area (Å²) in [5.41, 5.74) is 2.50. The second kappa shape index (κ2) is 4.25. The van der Waals surface area contributed by atoms with E-state index in [2.05, 4.69) is 22.1 Å². The van der Waals surface area contributed by atoms with Gasteiger partial charge in [-0.3, -0.25) is 9.89 Å². The number of H-pyrrole nitrogens is 1. The second-order valence-electron chi connectivity index (χ2n) is 4.42. The Bertz CT molecular complexity index is 391. The number of nitrogens with one attached hydrogen (secondary N) is 1. The lowest BCUT2D eigenvalue weighted by atomic mass is 10.2. The highest BCUT2D eigenvalue weighted by Crippen LogP contribution is 2.12. The van der Waals surface area contributed by atoms with Crippen LogP contribution in [-0.4, -0.2) is 59.1 Å². The van der Waals surface area contributed by atoms with Crippen LogP contribution in [0.3, 0.4) is 0 Å². The van der Waals surface area contributed by atoms with Crippen LogP contribution in [0.2, 0.25) is 0 Å². The molecule has 0 bridgehead atoms.